The van der Waals surface area contributed by atoms with E-state index < -0.39 is 13.0 Å². The van der Waals surface area contributed by atoms with Crippen molar-refractivity contribution in [1.29, 1.82) is 0 Å². The second-order valence-electron chi connectivity index (χ2n) is 3.96. The van der Waals surface area contributed by atoms with Gasteiger partial charge in [0.05, 0.1) is 6.61 Å². The Hall–Kier alpha value is -1.27. The number of nitrogens with two attached hydrogens (primary N) is 1. The number of ether oxygens (including phenoxy) is 2. The standard InChI is InChI=1S/C12H16F3NO2/c1-8-7-10(9(2)16)3-4-11(8)17-5-6-18-12(13,14)15/h3-4,7,9H,5-6,16H2,1-2H3/t9-/m0/s1. The van der Waals surface area contributed by atoms with Gasteiger partial charge in [-0.3, -0.25) is 4.74 Å². The SMILES string of the molecule is Cc1cc([C@H](C)N)ccc1OCCOC(F)(F)F. The van der Waals surface area contributed by atoms with Crippen molar-refractivity contribution in [2.24, 2.45) is 5.73 Å². The van der Waals surface area contributed by atoms with Gasteiger partial charge in [0, 0.05) is 6.04 Å². The zero-order valence-corrected chi connectivity index (χ0v) is 10.3. The molecular weight excluding hydrogens is 247 g/mol. The van der Waals surface area contributed by atoms with Crippen molar-refractivity contribution >= 4 is 0 Å². The van der Waals surface area contributed by atoms with Crippen molar-refractivity contribution in [3.05, 3.63) is 29.3 Å². The van der Waals surface area contributed by atoms with Crippen molar-refractivity contribution in [3.8, 4) is 5.75 Å². The third-order valence-electron chi connectivity index (χ3n) is 2.33. The van der Waals surface area contributed by atoms with Crippen molar-refractivity contribution in [2.75, 3.05) is 13.2 Å². The molecule has 2 N–H and O–H groups in total. The summed E-state index contributed by atoms with van der Waals surface area (Å²) in [6.07, 6.45) is -4.61. The molecule has 1 aromatic rings. The van der Waals surface area contributed by atoms with Crippen LogP contribution in [0.3, 0.4) is 0 Å². The predicted molar refractivity (Wildman–Crippen MR) is 61.3 cm³/mol. The Labute approximate surface area is 104 Å². The second-order valence-corrected chi connectivity index (χ2v) is 3.96. The molecule has 0 aromatic heterocycles. The minimum Gasteiger partial charge on any atom is -0.491 e. The Morgan fingerprint density at radius 1 is 1.28 bits per heavy atom. The summed E-state index contributed by atoms with van der Waals surface area (Å²) < 4.78 is 43.9. The van der Waals surface area contributed by atoms with Crippen molar-refractivity contribution in [1.82, 2.24) is 0 Å². The van der Waals surface area contributed by atoms with Crippen LogP contribution in [0.25, 0.3) is 0 Å². The maximum Gasteiger partial charge on any atom is 0.522 e. The molecule has 1 aromatic carbocycles. The third kappa shape index (κ3) is 4.93. The lowest BCUT2D eigenvalue weighted by molar-refractivity contribution is -0.325. The summed E-state index contributed by atoms with van der Waals surface area (Å²) in [4.78, 5) is 0. The smallest absolute Gasteiger partial charge is 0.491 e. The van der Waals surface area contributed by atoms with Crippen LogP contribution in [0.4, 0.5) is 13.2 Å². The first kappa shape index (κ1) is 14.8. The molecule has 0 aliphatic rings. The quantitative estimate of drug-likeness (QED) is 0.831. The van der Waals surface area contributed by atoms with Gasteiger partial charge in [0.1, 0.15) is 12.4 Å². The molecule has 0 amide bonds. The highest BCUT2D eigenvalue weighted by molar-refractivity contribution is 5.37. The molecule has 0 bridgehead atoms. The number of hydrogen-bond donors (Lipinski definition) is 1. The average Bonchev–Trinajstić information content (AvgIpc) is 2.24. The molecule has 0 saturated heterocycles. The van der Waals surface area contributed by atoms with E-state index in [4.69, 9.17) is 10.5 Å². The Bertz CT molecular complexity index is 391. The van der Waals surface area contributed by atoms with Gasteiger partial charge in [0.2, 0.25) is 0 Å². The Morgan fingerprint density at radius 3 is 2.44 bits per heavy atom. The molecule has 0 unspecified atom stereocenters. The van der Waals surface area contributed by atoms with E-state index >= 15 is 0 Å². The first-order valence-corrected chi connectivity index (χ1v) is 5.49. The molecule has 18 heavy (non-hydrogen) atoms. The van der Waals surface area contributed by atoms with Gasteiger partial charge in [-0.15, -0.1) is 13.2 Å². The maximum atomic E-state index is 11.7. The summed E-state index contributed by atoms with van der Waals surface area (Å²) in [5, 5.41) is 0. The van der Waals surface area contributed by atoms with Gasteiger partial charge in [0.25, 0.3) is 0 Å². The van der Waals surface area contributed by atoms with E-state index in [-0.39, 0.29) is 12.6 Å². The highest BCUT2D eigenvalue weighted by Gasteiger charge is 2.28. The summed E-state index contributed by atoms with van der Waals surface area (Å²) in [6, 6.07) is 5.25. The van der Waals surface area contributed by atoms with Gasteiger partial charge in [-0.1, -0.05) is 12.1 Å². The van der Waals surface area contributed by atoms with Crippen molar-refractivity contribution in [2.45, 2.75) is 26.3 Å². The van der Waals surface area contributed by atoms with Crippen molar-refractivity contribution in [3.63, 3.8) is 0 Å². The summed E-state index contributed by atoms with van der Waals surface area (Å²) in [5.74, 6) is 0.533. The molecule has 0 radical (unpaired) electrons. The molecule has 6 heteroatoms. The van der Waals surface area contributed by atoms with Crippen LogP contribution in [-0.2, 0) is 4.74 Å². The second kappa shape index (κ2) is 6.06. The highest BCUT2D eigenvalue weighted by atomic mass is 19.4. The molecule has 0 aliphatic heterocycles. The molecule has 0 spiro atoms. The number of rotatable bonds is 5. The Morgan fingerprint density at radius 2 is 1.94 bits per heavy atom. The summed E-state index contributed by atoms with van der Waals surface area (Å²) in [5.41, 5.74) is 7.50. The Balaban J connectivity index is 2.48. The number of hydrogen-bond acceptors (Lipinski definition) is 3. The fourth-order valence-corrected chi connectivity index (χ4v) is 1.43. The molecule has 0 fully saturated rings. The van der Waals surface area contributed by atoms with Crippen LogP contribution in [0.5, 0.6) is 5.75 Å². The van der Waals surface area contributed by atoms with Gasteiger partial charge in [-0.2, -0.15) is 0 Å². The third-order valence-corrected chi connectivity index (χ3v) is 2.33. The minimum atomic E-state index is -4.61. The van der Waals surface area contributed by atoms with Crippen LogP contribution in [0.2, 0.25) is 0 Å². The number of alkyl halides is 3. The van der Waals surface area contributed by atoms with Gasteiger partial charge >= 0.3 is 6.36 Å². The summed E-state index contributed by atoms with van der Waals surface area (Å²) in [6.45, 7) is 2.98. The van der Waals surface area contributed by atoms with E-state index in [2.05, 4.69) is 4.74 Å². The molecule has 1 atom stereocenters. The minimum absolute atomic E-state index is 0.0914. The fourth-order valence-electron chi connectivity index (χ4n) is 1.43. The normalized spacial score (nSPS) is 13.4. The van der Waals surface area contributed by atoms with E-state index in [1.165, 1.54) is 0 Å². The van der Waals surface area contributed by atoms with Gasteiger partial charge in [-0.25, -0.2) is 0 Å². The highest BCUT2D eigenvalue weighted by Crippen LogP contribution is 2.22. The van der Waals surface area contributed by atoms with Gasteiger partial charge in [0.15, 0.2) is 0 Å². The van der Waals surface area contributed by atoms with Crippen LogP contribution in [0.1, 0.15) is 24.1 Å². The van der Waals surface area contributed by atoms with E-state index in [1.807, 2.05) is 19.9 Å². The van der Waals surface area contributed by atoms with E-state index in [0.717, 1.165) is 11.1 Å². The Kier molecular flexibility index (Phi) is 4.98. The van der Waals surface area contributed by atoms with Gasteiger partial charge < -0.3 is 10.5 Å². The topological polar surface area (TPSA) is 44.5 Å². The summed E-state index contributed by atoms with van der Waals surface area (Å²) >= 11 is 0. The van der Waals surface area contributed by atoms with Crippen LogP contribution in [-0.4, -0.2) is 19.6 Å². The molecule has 0 saturated carbocycles. The molecule has 1 rings (SSSR count). The first-order chi connectivity index (χ1) is 8.29. The zero-order chi connectivity index (χ0) is 13.8. The van der Waals surface area contributed by atoms with Crippen LogP contribution >= 0.6 is 0 Å². The lowest BCUT2D eigenvalue weighted by atomic mass is 10.1. The monoisotopic (exact) mass is 263 g/mol. The van der Waals surface area contributed by atoms with E-state index in [9.17, 15) is 13.2 Å². The molecule has 0 heterocycles. The predicted octanol–water partition coefficient (Wildman–Crippen LogP) is 2.93. The largest absolute Gasteiger partial charge is 0.522 e. The van der Waals surface area contributed by atoms with Crippen LogP contribution in [0.15, 0.2) is 18.2 Å². The van der Waals surface area contributed by atoms with Crippen LogP contribution < -0.4 is 10.5 Å². The molecule has 102 valence electrons. The number of benzene rings is 1. The first-order valence-electron chi connectivity index (χ1n) is 5.49. The number of aryl methyl sites for hydroxylation is 1. The number of halogens is 3. The van der Waals surface area contributed by atoms with Crippen LogP contribution in [0, 0.1) is 6.92 Å². The van der Waals surface area contributed by atoms with E-state index in [0.29, 0.717) is 5.75 Å². The van der Waals surface area contributed by atoms with E-state index in [1.54, 1.807) is 12.1 Å². The lowest BCUT2D eigenvalue weighted by Gasteiger charge is -2.13. The summed E-state index contributed by atoms with van der Waals surface area (Å²) in [7, 11) is 0. The maximum absolute atomic E-state index is 11.7. The molecular formula is C12H16F3NO2. The molecule has 3 nitrogen and oxygen atoms in total. The van der Waals surface area contributed by atoms with Gasteiger partial charge in [-0.05, 0) is 31.0 Å². The average molecular weight is 263 g/mol. The van der Waals surface area contributed by atoms with Crippen molar-refractivity contribution < 1.29 is 22.6 Å². The molecule has 0 aliphatic carbocycles. The lowest BCUT2D eigenvalue weighted by Crippen LogP contribution is -2.18. The fraction of sp³-hybridized carbons (Fsp3) is 0.500. The zero-order valence-electron chi connectivity index (χ0n) is 10.3.